The van der Waals surface area contributed by atoms with Crippen LogP contribution in [0, 0.1) is 0 Å². The molecule has 38 heavy (non-hydrogen) atoms. The van der Waals surface area contributed by atoms with Gasteiger partial charge in [0.05, 0.1) is 12.3 Å². The number of piperidine rings is 1. The molecule has 0 unspecified atom stereocenters. The van der Waals surface area contributed by atoms with Crippen molar-refractivity contribution < 1.29 is 4.74 Å². The molecule has 1 saturated heterocycles. The number of nitrogens with one attached hydrogen (secondary N) is 2. The fourth-order valence-corrected chi connectivity index (χ4v) is 4.76. The molecular weight excluding hydrogens is 476 g/mol. The van der Waals surface area contributed by atoms with Gasteiger partial charge in [0.15, 0.2) is 0 Å². The molecule has 4 rings (SSSR count). The number of rotatable bonds is 13. The van der Waals surface area contributed by atoms with Crippen molar-refractivity contribution in [1.82, 2.24) is 14.9 Å². The number of benzene rings is 1. The van der Waals surface area contributed by atoms with Crippen LogP contribution in [0.5, 0.6) is 0 Å². The third-order valence-corrected chi connectivity index (χ3v) is 7.26. The van der Waals surface area contributed by atoms with E-state index in [4.69, 9.17) is 9.72 Å². The van der Waals surface area contributed by atoms with Crippen molar-refractivity contribution in [2.75, 3.05) is 68.2 Å². The second kappa shape index (κ2) is 14.0. The molecular formula is C30H42N6O2. The van der Waals surface area contributed by atoms with E-state index >= 15 is 0 Å². The number of aromatic amines is 1. The lowest BCUT2D eigenvalue weighted by molar-refractivity contribution is 0.138. The summed E-state index contributed by atoms with van der Waals surface area (Å²) >= 11 is 0. The lowest BCUT2D eigenvalue weighted by atomic mass is 10.1. The number of ether oxygens (including phenoxy) is 1. The molecule has 0 aliphatic carbocycles. The maximum Gasteiger partial charge on any atom is 0.271 e. The standard InChI is InChI=1S/C30H42N6O2/c1-4-35(5-2)19-18-34(3)29-11-9-10-27(33-29)25-20-28(30(37)31-21-25)32-23-38-22-24-12-14-26(15-13-24)36-16-7-6-8-17-36/h9-15,20-21,32H,4-8,16-19,22-23H2,1-3H3,(H,31,37). The van der Waals surface area contributed by atoms with Gasteiger partial charge in [-0.25, -0.2) is 4.98 Å². The van der Waals surface area contributed by atoms with Crippen molar-refractivity contribution in [2.45, 2.75) is 39.7 Å². The predicted molar refractivity (Wildman–Crippen MR) is 157 cm³/mol. The zero-order valence-corrected chi connectivity index (χ0v) is 23.1. The van der Waals surface area contributed by atoms with Crippen molar-refractivity contribution in [1.29, 1.82) is 0 Å². The van der Waals surface area contributed by atoms with Crippen LogP contribution < -0.4 is 20.7 Å². The predicted octanol–water partition coefficient (Wildman–Crippen LogP) is 4.79. The van der Waals surface area contributed by atoms with Crippen LogP contribution in [0.15, 0.2) is 59.5 Å². The summed E-state index contributed by atoms with van der Waals surface area (Å²) in [6, 6.07) is 16.4. The van der Waals surface area contributed by atoms with Gasteiger partial charge in [0.2, 0.25) is 0 Å². The summed E-state index contributed by atoms with van der Waals surface area (Å²) in [5.74, 6) is 0.907. The van der Waals surface area contributed by atoms with Crippen LogP contribution in [0.25, 0.3) is 11.3 Å². The van der Waals surface area contributed by atoms with Crippen LogP contribution in [-0.4, -0.2) is 67.9 Å². The fourth-order valence-electron chi connectivity index (χ4n) is 4.76. The van der Waals surface area contributed by atoms with Gasteiger partial charge in [-0.1, -0.05) is 32.0 Å². The van der Waals surface area contributed by atoms with Crippen LogP contribution in [-0.2, 0) is 11.3 Å². The van der Waals surface area contributed by atoms with Crippen molar-refractivity contribution >= 4 is 17.2 Å². The minimum absolute atomic E-state index is 0.185. The molecule has 0 atom stereocenters. The molecule has 1 aromatic carbocycles. The van der Waals surface area contributed by atoms with E-state index in [9.17, 15) is 4.79 Å². The number of H-pyrrole nitrogens is 1. The average Bonchev–Trinajstić information content (AvgIpc) is 2.97. The molecule has 0 saturated carbocycles. The van der Waals surface area contributed by atoms with Gasteiger partial charge in [-0.05, 0) is 68.2 Å². The molecule has 1 aliphatic heterocycles. The maximum atomic E-state index is 12.4. The van der Waals surface area contributed by atoms with E-state index in [-0.39, 0.29) is 12.3 Å². The first-order valence-corrected chi connectivity index (χ1v) is 13.9. The Bertz CT molecular complexity index is 1190. The molecule has 3 heterocycles. The molecule has 3 aromatic rings. The van der Waals surface area contributed by atoms with Gasteiger partial charge < -0.3 is 29.7 Å². The molecule has 8 nitrogen and oxygen atoms in total. The molecule has 2 N–H and O–H groups in total. The Balaban J connectivity index is 1.31. The van der Waals surface area contributed by atoms with Crippen LogP contribution >= 0.6 is 0 Å². The summed E-state index contributed by atoms with van der Waals surface area (Å²) < 4.78 is 5.82. The number of anilines is 3. The maximum absolute atomic E-state index is 12.4. The van der Waals surface area contributed by atoms with E-state index < -0.39 is 0 Å². The summed E-state index contributed by atoms with van der Waals surface area (Å²) in [6.07, 6.45) is 5.58. The third-order valence-electron chi connectivity index (χ3n) is 7.26. The molecule has 1 aliphatic rings. The highest BCUT2D eigenvalue weighted by Gasteiger charge is 2.11. The number of hydrogen-bond acceptors (Lipinski definition) is 7. The summed E-state index contributed by atoms with van der Waals surface area (Å²) in [5, 5.41) is 3.12. The van der Waals surface area contributed by atoms with Gasteiger partial charge in [-0.2, -0.15) is 0 Å². The van der Waals surface area contributed by atoms with E-state index in [2.05, 4.69) is 70.2 Å². The van der Waals surface area contributed by atoms with E-state index in [1.54, 1.807) is 6.20 Å². The van der Waals surface area contributed by atoms with E-state index in [1.165, 1.54) is 24.9 Å². The first-order chi connectivity index (χ1) is 18.6. The van der Waals surface area contributed by atoms with E-state index in [1.807, 2.05) is 24.3 Å². The number of nitrogens with zero attached hydrogens (tertiary/aromatic N) is 4. The van der Waals surface area contributed by atoms with Crippen molar-refractivity contribution in [2.24, 2.45) is 0 Å². The van der Waals surface area contributed by atoms with Gasteiger partial charge in [0, 0.05) is 50.7 Å². The highest BCUT2D eigenvalue weighted by atomic mass is 16.5. The summed E-state index contributed by atoms with van der Waals surface area (Å²) in [4.78, 5) is 27.1. The molecule has 0 spiro atoms. The Hall–Kier alpha value is -3.36. The topological polar surface area (TPSA) is 76.7 Å². The third kappa shape index (κ3) is 7.58. The quantitative estimate of drug-likeness (QED) is 0.249. The zero-order valence-electron chi connectivity index (χ0n) is 23.1. The van der Waals surface area contributed by atoms with Gasteiger partial charge in [0.1, 0.15) is 18.2 Å². The highest BCUT2D eigenvalue weighted by molar-refractivity contribution is 5.65. The Morgan fingerprint density at radius 3 is 2.53 bits per heavy atom. The first-order valence-electron chi connectivity index (χ1n) is 13.9. The van der Waals surface area contributed by atoms with Crippen LogP contribution in [0.1, 0.15) is 38.7 Å². The Morgan fingerprint density at radius 1 is 1.03 bits per heavy atom. The second-order valence-corrected chi connectivity index (χ2v) is 9.84. The monoisotopic (exact) mass is 518 g/mol. The average molecular weight is 519 g/mol. The molecule has 0 bridgehead atoms. The van der Waals surface area contributed by atoms with E-state index in [0.717, 1.165) is 61.9 Å². The Kier molecular flexibility index (Phi) is 10.2. The summed E-state index contributed by atoms with van der Waals surface area (Å²) in [7, 11) is 2.06. The lowest BCUT2D eigenvalue weighted by Crippen LogP contribution is -2.33. The van der Waals surface area contributed by atoms with Crippen molar-refractivity contribution in [3.05, 3.63) is 70.6 Å². The Labute approximate surface area is 226 Å². The second-order valence-electron chi connectivity index (χ2n) is 9.84. The van der Waals surface area contributed by atoms with Gasteiger partial charge in [0.25, 0.3) is 5.56 Å². The van der Waals surface area contributed by atoms with Crippen molar-refractivity contribution in [3.63, 3.8) is 0 Å². The fraction of sp³-hybridized carbons (Fsp3) is 0.467. The summed E-state index contributed by atoms with van der Waals surface area (Å²) in [5.41, 5.74) is 4.33. The number of pyridine rings is 2. The van der Waals surface area contributed by atoms with Crippen LogP contribution in [0.4, 0.5) is 17.2 Å². The SMILES string of the molecule is CCN(CC)CCN(C)c1cccc(-c2c[nH]c(=O)c(NCOCc3ccc(N4CCCCC4)cc3)c2)n1. The minimum Gasteiger partial charge on any atom is -0.372 e. The van der Waals surface area contributed by atoms with Gasteiger partial charge >= 0.3 is 0 Å². The van der Waals surface area contributed by atoms with E-state index in [0.29, 0.717) is 12.3 Å². The Morgan fingerprint density at radius 2 is 1.79 bits per heavy atom. The lowest BCUT2D eigenvalue weighted by Gasteiger charge is -2.28. The first kappa shape index (κ1) is 27.7. The molecule has 2 aromatic heterocycles. The number of aromatic nitrogens is 2. The van der Waals surface area contributed by atoms with Gasteiger partial charge in [-0.3, -0.25) is 4.79 Å². The smallest absolute Gasteiger partial charge is 0.271 e. The molecule has 8 heteroatoms. The highest BCUT2D eigenvalue weighted by Crippen LogP contribution is 2.22. The normalized spacial score (nSPS) is 13.6. The zero-order chi connectivity index (χ0) is 26.7. The van der Waals surface area contributed by atoms with Gasteiger partial charge in [-0.15, -0.1) is 0 Å². The number of likely N-dealkylation sites (N-methyl/N-ethyl adjacent to an activating group) is 2. The molecule has 0 amide bonds. The summed E-state index contributed by atoms with van der Waals surface area (Å²) in [6.45, 7) is 11.3. The molecule has 0 radical (unpaired) electrons. The largest absolute Gasteiger partial charge is 0.372 e. The minimum atomic E-state index is -0.185. The molecule has 204 valence electrons. The van der Waals surface area contributed by atoms with Crippen LogP contribution in [0.3, 0.4) is 0 Å². The van der Waals surface area contributed by atoms with Crippen molar-refractivity contribution in [3.8, 4) is 11.3 Å². The number of hydrogen-bond donors (Lipinski definition) is 2. The van der Waals surface area contributed by atoms with Crippen LogP contribution in [0.2, 0.25) is 0 Å². The molecule has 1 fully saturated rings.